The number of unbranched alkanes of at least 4 members (excludes halogenated alkanes) is 1. The molecule has 186 valence electrons. The van der Waals surface area contributed by atoms with Crippen molar-refractivity contribution in [3.63, 3.8) is 0 Å². The Balaban J connectivity index is 1.48. The molecular weight excluding hydrogens is 466 g/mol. The number of aromatic nitrogens is 3. The normalized spacial score (nSPS) is 11.9. The smallest absolute Gasteiger partial charge is 0.311 e. The zero-order chi connectivity index (χ0) is 25.3. The maximum Gasteiger partial charge on any atom is 0.311 e. The molecule has 4 rings (SSSR count). The second-order valence-corrected chi connectivity index (χ2v) is 10.1. The molecule has 0 saturated heterocycles. The first kappa shape index (κ1) is 25.7. The van der Waals surface area contributed by atoms with Gasteiger partial charge in [0, 0.05) is 12.2 Å². The zero-order valence-corrected chi connectivity index (χ0v) is 21.7. The van der Waals surface area contributed by atoms with Crippen molar-refractivity contribution >= 4 is 17.7 Å². The largest absolute Gasteiger partial charge is 0.481 e. The highest BCUT2D eigenvalue weighted by Gasteiger charge is 2.20. The number of benzene rings is 3. The molecule has 0 aliphatic heterocycles. The van der Waals surface area contributed by atoms with Crippen molar-refractivity contribution in [2.75, 3.05) is 0 Å². The van der Waals surface area contributed by atoms with Crippen molar-refractivity contribution < 1.29 is 9.90 Å². The van der Waals surface area contributed by atoms with Crippen LogP contribution in [0.2, 0.25) is 0 Å². The van der Waals surface area contributed by atoms with Gasteiger partial charge < -0.3 is 9.67 Å². The lowest BCUT2D eigenvalue weighted by atomic mass is 9.92. The van der Waals surface area contributed by atoms with E-state index in [9.17, 15) is 9.90 Å². The van der Waals surface area contributed by atoms with E-state index in [1.54, 1.807) is 11.8 Å². The molecule has 1 unspecified atom stereocenters. The fourth-order valence-electron chi connectivity index (χ4n) is 4.17. The Morgan fingerprint density at radius 2 is 1.58 bits per heavy atom. The van der Waals surface area contributed by atoms with Gasteiger partial charge in [-0.2, -0.15) is 0 Å². The highest BCUT2D eigenvalue weighted by molar-refractivity contribution is 7.98. The third-order valence-electron chi connectivity index (χ3n) is 6.34. The lowest BCUT2D eigenvalue weighted by Crippen LogP contribution is -2.14. The predicted octanol–water partition coefficient (Wildman–Crippen LogP) is 6.68. The molecule has 1 aromatic heterocycles. The van der Waals surface area contributed by atoms with Crippen LogP contribution in [0.3, 0.4) is 0 Å². The molecule has 3 aromatic carbocycles. The summed E-state index contributed by atoms with van der Waals surface area (Å²) < 4.78 is 2.23. The van der Waals surface area contributed by atoms with Crippen molar-refractivity contribution in [3.8, 4) is 0 Å². The van der Waals surface area contributed by atoms with Gasteiger partial charge in [-0.15, -0.1) is 10.2 Å². The van der Waals surface area contributed by atoms with Crippen molar-refractivity contribution in [2.24, 2.45) is 0 Å². The summed E-state index contributed by atoms with van der Waals surface area (Å²) in [7, 11) is 0. The van der Waals surface area contributed by atoms with Gasteiger partial charge in [-0.3, -0.25) is 4.79 Å². The number of hydrogen-bond donors (Lipinski definition) is 1. The molecule has 0 fully saturated rings. The summed E-state index contributed by atoms with van der Waals surface area (Å²) in [5, 5.41) is 19.7. The maximum atomic E-state index is 11.9. The van der Waals surface area contributed by atoms with E-state index in [2.05, 4.69) is 65.0 Å². The molecule has 1 N–H and O–H groups in total. The highest BCUT2D eigenvalue weighted by Crippen LogP contribution is 2.25. The van der Waals surface area contributed by atoms with E-state index in [0.717, 1.165) is 52.7 Å². The molecule has 36 heavy (non-hydrogen) atoms. The summed E-state index contributed by atoms with van der Waals surface area (Å²) >= 11 is 1.72. The van der Waals surface area contributed by atoms with E-state index in [1.165, 1.54) is 11.1 Å². The second kappa shape index (κ2) is 12.5. The molecule has 0 saturated carbocycles. The summed E-state index contributed by atoms with van der Waals surface area (Å²) in [6.45, 7) is 4.98. The number of thioether (sulfide) groups is 1. The van der Waals surface area contributed by atoms with Crippen molar-refractivity contribution in [3.05, 3.63) is 113 Å². The van der Waals surface area contributed by atoms with E-state index < -0.39 is 11.9 Å². The van der Waals surface area contributed by atoms with Crippen molar-refractivity contribution in [2.45, 2.75) is 62.9 Å². The molecule has 0 spiro atoms. The number of rotatable bonds is 12. The number of carboxylic acids is 1. The van der Waals surface area contributed by atoms with Gasteiger partial charge in [-0.1, -0.05) is 110 Å². The van der Waals surface area contributed by atoms with Gasteiger partial charge in [0.1, 0.15) is 5.82 Å². The molecule has 5 nitrogen and oxygen atoms in total. The second-order valence-electron chi connectivity index (χ2n) is 9.18. The molecule has 0 amide bonds. The SMILES string of the molecule is CCCCc1nnc(SCc2ccc(C)cc2)n1Cc1ccc(CC(C(=O)O)c2ccccc2)cc1. The Labute approximate surface area is 217 Å². The fourth-order valence-corrected chi connectivity index (χ4v) is 5.08. The minimum Gasteiger partial charge on any atom is -0.481 e. The van der Waals surface area contributed by atoms with Crippen LogP contribution in [0, 0.1) is 6.92 Å². The van der Waals surface area contributed by atoms with Crippen LogP contribution in [0.25, 0.3) is 0 Å². The molecule has 0 aliphatic rings. The van der Waals surface area contributed by atoms with Crippen LogP contribution in [0.5, 0.6) is 0 Å². The minimum absolute atomic E-state index is 0.464. The van der Waals surface area contributed by atoms with Crippen molar-refractivity contribution in [1.29, 1.82) is 0 Å². The lowest BCUT2D eigenvalue weighted by Gasteiger charge is -2.14. The molecule has 1 atom stereocenters. The van der Waals surface area contributed by atoms with Crippen LogP contribution < -0.4 is 0 Å². The average molecular weight is 500 g/mol. The molecule has 4 aromatic rings. The average Bonchev–Trinajstić information content (AvgIpc) is 3.28. The highest BCUT2D eigenvalue weighted by atomic mass is 32.2. The third kappa shape index (κ3) is 6.85. The predicted molar refractivity (Wildman–Crippen MR) is 145 cm³/mol. The van der Waals surface area contributed by atoms with Gasteiger partial charge in [0.15, 0.2) is 5.16 Å². The number of carboxylic acid groups (broad SMARTS) is 1. The van der Waals surface area contributed by atoms with E-state index in [1.807, 2.05) is 42.5 Å². The summed E-state index contributed by atoms with van der Waals surface area (Å²) in [6, 6.07) is 26.3. The number of aliphatic carboxylic acids is 1. The Hall–Kier alpha value is -3.38. The van der Waals surface area contributed by atoms with Crippen LogP contribution in [0.15, 0.2) is 84.0 Å². The summed E-state index contributed by atoms with van der Waals surface area (Å²) in [6.07, 6.45) is 3.56. The Morgan fingerprint density at radius 3 is 2.25 bits per heavy atom. The number of hydrogen-bond acceptors (Lipinski definition) is 4. The molecule has 1 heterocycles. The van der Waals surface area contributed by atoms with E-state index in [4.69, 9.17) is 0 Å². The van der Waals surface area contributed by atoms with Crippen LogP contribution in [0.1, 0.15) is 59.3 Å². The number of nitrogens with zero attached hydrogens (tertiary/aromatic N) is 3. The minimum atomic E-state index is -0.800. The van der Waals surface area contributed by atoms with Crippen molar-refractivity contribution in [1.82, 2.24) is 14.8 Å². The fraction of sp³-hybridized carbons (Fsp3) is 0.300. The Kier molecular flexibility index (Phi) is 8.95. The molecule has 0 bridgehead atoms. The summed E-state index contributed by atoms with van der Waals surface area (Å²) in [5.41, 5.74) is 5.52. The van der Waals surface area contributed by atoms with Crippen LogP contribution in [-0.2, 0) is 29.9 Å². The van der Waals surface area contributed by atoms with Gasteiger partial charge in [0.25, 0.3) is 0 Å². The molecule has 0 aliphatic carbocycles. The lowest BCUT2D eigenvalue weighted by molar-refractivity contribution is -0.138. The van der Waals surface area contributed by atoms with Crippen LogP contribution in [-0.4, -0.2) is 25.8 Å². The number of aryl methyl sites for hydroxylation is 2. The first-order chi connectivity index (χ1) is 17.5. The quantitative estimate of drug-likeness (QED) is 0.220. The third-order valence-corrected chi connectivity index (χ3v) is 7.38. The summed E-state index contributed by atoms with van der Waals surface area (Å²) in [5.74, 6) is 0.509. The topological polar surface area (TPSA) is 68.0 Å². The zero-order valence-electron chi connectivity index (χ0n) is 20.9. The van der Waals surface area contributed by atoms with Gasteiger partial charge in [0.05, 0.1) is 12.5 Å². The van der Waals surface area contributed by atoms with Gasteiger partial charge in [0.2, 0.25) is 0 Å². The van der Waals surface area contributed by atoms with Crippen LogP contribution in [0.4, 0.5) is 0 Å². The maximum absolute atomic E-state index is 11.9. The Morgan fingerprint density at radius 1 is 0.917 bits per heavy atom. The molecule has 6 heteroatoms. The first-order valence-corrected chi connectivity index (χ1v) is 13.5. The molecule has 0 radical (unpaired) electrons. The van der Waals surface area contributed by atoms with Gasteiger partial charge in [-0.05, 0) is 42.0 Å². The van der Waals surface area contributed by atoms with E-state index in [-0.39, 0.29) is 0 Å². The van der Waals surface area contributed by atoms with Gasteiger partial charge >= 0.3 is 5.97 Å². The Bertz CT molecular complexity index is 1250. The van der Waals surface area contributed by atoms with Crippen LogP contribution >= 0.6 is 11.8 Å². The standard InChI is InChI=1S/C30H33N3O2S/c1-3-4-10-28-31-32-30(36-21-25-13-11-22(2)12-14-25)33(28)20-24-17-15-23(16-18-24)19-27(29(34)35)26-8-6-5-7-9-26/h5-9,11-18,27H,3-4,10,19-21H2,1-2H3,(H,34,35). The molecular formula is C30H33N3O2S. The van der Waals surface area contributed by atoms with E-state index >= 15 is 0 Å². The van der Waals surface area contributed by atoms with E-state index in [0.29, 0.717) is 13.0 Å². The monoisotopic (exact) mass is 499 g/mol. The first-order valence-electron chi connectivity index (χ1n) is 12.5. The number of carbonyl (C=O) groups is 1. The summed E-state index contributed by atoms with van der Waals surface area (Å²) in [4.78, 5) is 11.9. The van der Waals surface area contributed by atoms with Gasteiger partial charge in [-0.25, -0.2) is 0 Å².